The first-order valence-electron chi connectivity index (χ1n) is 3.38. The van der Waals surface area contributed by atoms with Gasteiger partial charge in [-0.3, -0.25) is 4.98 Å². The van der Waals surface area contributed by atoms with Crippen molar-refractivity contribution in [2.24, 2.45) is 0 Å². The maximum absolute atomic E-state index is 10.7. The monoisotopic (exact) mass is 166 g/mol. The van der Waals surface area contributed by atoms with Crippen LogP contribution < -0.4 is 5.69 Å². The summed E-state index contributed by atoms with van der Waals surface area (Å²) in [5.74, 6) is 0.411. The third-order valence-electron chi connectivity index (χ3n) is 1.51. The highest BCUT2D eigenvalue weighted by atomic mass is 16.4. The predicted octanol–water partition coefficient (Wildman–Crippen LogP) is 0.00840. The fraction of sp³-hybridized carbons (Fsp3) is 0.143. The first-order chi connectivity index (χ1) is 5.79. The number of H-pyrrole nitrogens is 1. The van der Waals surface area contributed by atoms with Crippen molar-refractivity contribution in [3.8, 4) is 0 Å². The van der Waals surface area contributed by atoms with E-state index in [9.17, 15) is 4.79 Å². The van der Waals surface area contributed by atoms with Crippen LogP contribution >= 0.6 is 0 Å². The average Bonchev–Trinajstić information content (AvgIpc) is 2.46. The Morgan fingerprint density at radius 1 is 1.67 bits per heavy atom. The van der Waals surface area contributed by atoms with Crippen LogP contribution in [0.4, 0.5) is 0 Å². The standard InChI is InChI=1S/C7H6N2O3/c10-3-5-1-4-2-8-7(11)9-6(4)12-5/h1-2,10H,3H2,(H,8,9,11). The molecular formula is C7H6N2O3. The van der Waals surface area contributed by atoms with E-state index in [0.717, 1.165) is 0 Å². The van der Waals surface area contributed by atoms with E-state index in [-0.39, 0.29) is 6.61 Å². The van der Waals surface area contributed by atoms with E-state index in [1.54, 1.807) is 6.07 Å². The van der Waals surface area contributed by atoms with E-state index in [0.29, 0.717) is 16.9 Å². The van der Waals surface area contributed by atoms with Gasteiger partial charge in [-0.2, -0.15) is 0 Å². The zero-order valence-corrected chi connectivity index (χ0v) is 6.07. The van der Waals surface area contributed by atoms with Crippen LogP contribution in [0.1, 0.15) is 5.76 Å². The summed E-state index contributed by atoms with van der Waals surface area (Å²) in [6.45, 7) is -0.184. The van der Waals surface area contributed by atoms with Crippen LogP contribution in [0.3, 0.4) is 0 Å². The minimum atomic E-state index is -0.457. The van der Waals surface area contributed by atoms with Gasteiger partial charge in [0.15, 0.2) is 0 Å². The van der Waals surface area contributed by atoms with E-state index < -0.39 is 5.69 Å². The molecule has 0 aromatic carbocycles. The van der Waals surface area contributed by atoms with E-state index in [1.165, 1.54) is 6.20 Å². The van der Waals surface area contributed by atoms with Crippen molar-refractivity contribution in [3.63, 3.8) is 0 Å². The molecular weight excluding hydrogens is 160 g/mol. The summed E-state index contributed by atoms with van der Waals surface area (Å²) in [7, 11) is 0. The Labute approximate surface area is 66.7 Å². The number of nitrogens with zero attached hydrogens (tertiary/aromatic N) is 1. The highest BCUT2D eigenvalue weighted by Crippen LogP contribution is 2.13. The summed E-state index contributed by atoms with van der Waals surface area (Å²) in [6, 6.07) is 1.62. The van der Waals surface area contributed by atoms with E-state index in [4.69, 9.17) is 9.52 Å². The van der Waals surface area contributed by atoms with Gasteiger partial charge in [-0.15, -0.1) is 0 Å². The van der Waals surface area contributed by atoms with Crippen molar-refractivity contribution in [1.82, 2.24) is 9.97 Å². The molecule has 0 radical (unpaired) electrons. The molecule has 0 aliphatic heterocycles. The smallest absolute Gasteiger partial charge is 0.347 e. The maximum Gasteiger partial charge on any atom is 0.347 e. The Hall–Kier alpha value is -1.62. The summed E-state index contributed by atoms with van der Waals surface area (Å²) in [4.78, 5) is 16.6. The van der Waals surface area contributed by atoms with E-state index in [2.05, 4.69) is 9.97 Å². The zero-order valence-electron chi connectivity index (χ0n) is 6.07. The number of rotatable bonds is 1. The Morgan fingerprint density at radius 2 is 2.50 bits per heavy atom. The van der Waals surface area contributed by atoms with Gasteiger partial charge in [0.1, 0.15) is 12.4 Å². The summed E-state index contributed by atoms with van der Waals surface area (Å²) in [6.07, 6.45) is 1.40. The molecule has 0 amide bonds. The molecule has 0 saturated heterocycles. The molecule has 0 saturated carbocycles. The molecule has 0 bridgehead atoms. The van der Waals surface area contributed by atoms with Gasteiger partial charge in [0.05, 0.1) is 5.39 Å². The minimum absolute atomic E-state index is 0.184. The third kappa shape index (κ3) is 0.998. The number of aliphatic hydroxyl groups excluding tert-OH is 1. The molecule has 2 N–H and O–H groups in total. The number of fused-ring (bicyclic) bond motifs is 1. The summed E-state index contributed by atoms with van der Waals surface area (Å²) in [5.41, 5.74) is -0.111. The summed E-state index contributed by atoms with van der Waals surface area (Å²) in [5, 5.41) is 9.38. The topological polar surface area (TPSA) is 79.1 Å². The van der Waals surface area contributed by atoms with Crippen LogP contribution in [0.25, 0.3) is 11.1 Å². The van der Waals surface area contributed by atoms with Crippen molar-refractivity contribution in [3.05, 3.63) is 28.5 Å². The van der Waals surface area contributed by atoms with Crippen LogP contribution in [0, 0.1) is 0 Å². The van der Waals surface area contributed by atoms with Crippen LogP contribution in [0.5, 0.6) is 0 Å². The van der Waals surface area contributed by atoms with Crippen molar-refractivity contribution < 1.29 is 9.52 Å². The first-order valence-corrected chi connectivity index (χ1v) is 3.38. The summed E-state index contributed by atoms with van der Waals surface area (Å²) < 4.78 is 5.05. The molecule has 2 aromatic heterocycles. The lowest BCUT2D eigenvalue weighted by Gasteiger charge is -1.84. The zero-order chi connectivity index (χ0) is 8.55. The molecule has 2 heterocycles. The van der Waals surface area contributed by atoms with Gasteiger partial charge >= 0.3 is 5.69 Å². The molecule has 2 rings (SSSR count). The number of nitrogens with one attached hydrogen (secondary N) is 1. The Bertz CT molecular complexity index is 457. The number of furan rings is 1. The summed E-state index contributed by atoms with van der Waals surface area (Å²) >= 11 is 0. The second-order valence-electron chi connectivity index (χ2n) is 2.34. The third-order valence-corrected chi connectivity index (χ3v) is 1.51. The SMILES string of the molecule is O=c1ncc2cc(CO)oc2[nH]1. The first kappa shape index (κ1) is 7.05. The number of aromatic nitrogens is 2. The Morgan fingerprint density at radius 3 is 3.25 bits per heavy atom. The number of aromatic amines is 1. The van der Waals surface area contributed by atoms with Crippen molar-refractivity contribution in [2.45, 2.75) is 6.61 Å². The number of aliphatic hydroxyl groups is 1. The van der Waals surface area contributed by atoms with Gasteiger partial charge in [0.2, 0.25) is 5.71 Å². The molecule has 0 aliphatic rings. The van der Waals surface area contributed by atoms with Gasteiger partial charge in [0, 0.05) is 6.20 Å². The number of hydrogen-bond donors (Lipinski definition) is 2. The Balaban J connectivity index is 2.75. The molecule has 62 valence electrons. The molecule has 0 atom stereocenters. The predicted molar refractivity (Wildman–Crippen MR) is 40.6 cm³/mol. The second kappa shape index (κ2) is 2.46. The molecule has 0 fully saturated rings. The van der Waals surface area contributed by atoms with Crippen molar-refractivity contribution in [1.29, 1.82) is 0 Å². The molecule has 0 aliphatic carbocycles. The normalized spacial score (nSPS) is 10.8. The van der Waals surface area contributed by atoms with Crippen LogP contribution in [-0.2, 0) is 6.61 Å². The highest BCUT2D eigenvalue weighted by molar-refractivity contribution is 5.72. The van der Waals surface area contributed by atoms with Crippen LogP contribution in [0.15, 0.2) is 21.5 Å². The fourth-order valence-electron chi connectivity index (χ4n) is 0.988. The molecule has 5 heteroatoms. The number of hydrogen-bond acceptors (Lipinski definition) is 4. The van der Waals surface area contributed by atoms with Gasteiger partial charge in [-0.05, 0) is 6.07 Å². The maximum atomic E-state index is 10.7. The van der Waals surface area contributed by atoms with Crippen molar-refractivity contribution in [2.75, 3.05) is 0 Å². The van der Waals surface area contributed by atoms with Gasteiger partial charge < -0.3 is 9.52 Å². The fourth-order valence-corrected chi connectivity index (χ4v) is 0.988. The van der Waals surface area contributed by atoms with Crippen LogP contribution in [-0.4, -0.2) is 15.1 Å². The van der Waals surface area contributed by atoms with Gasteiger partial charge in [-0.25, -0.2) is 9.78 Å². The molecule has 0 unspecified atom stereocenters. The van der Waals surface area contributed by atoms with Crippen LogP contribution in [0.2, 0.25) is 0 Å². The quantitative estimate of drug-likeness (QED) is 0.625. The lowest BCUT2D eigenvalue weighted by Crippen LogP contribution is -2.07. The van der Waals surface area contributed by atoms with Gasteiger partial charge in [0.25, 0.3) is 0 Å². The lowest BCUT2D eigenvalue weighted by atomic mass is 10.4. The second-order valence-corrected chi connectivity index (χ2v) is 2.34. The highest BCUT2D eigenvalue weighted by Gasteiger charge is 2.02. The van der Waals surface area contributed by atoms with E-state index in [1.807, 2.05) is 0 Å². The average molecular weight is 166 g/mol. The largest absolute Gasteiger partial charge is 0.442 e. The molecule has 5 nitrogen and oxygen atoms in total. The lowest BCUT2D eigenvalue weighted by molar-refractivity contribution is 0.250. The van der Waals surface area contributed by atoms with E-state index >= 15 is 0 Å². The molecule has 2 aromatic rings. The Kier molecular flexibility index (Phi) is 1.44. The minimum Gasteiger partial charge on any atom is -0.442 e. The molecule has 12 heavy (non-hydrogen) atoms. The van der Waals surface area contributed by atoms with Crippen molar-refractivity contribution >= 4 is 11.1 Å². The molecule has 0 spiro atoms. The van der Waals surface area contributed by atoms with Gasteiger partial charge in [-0.1, -0.05) is 0 Å².